The molecule has 0 aliphatic heterocycles. The maximum absolute atomic E-state index is 11.9. The highest BCUT2D eigenvalue weighted by atomic mass is 16.3. The van der Waals surface area contributed by atoms with Crippen molar-refractivity contribution in [3.8, 4) is 0 Å². The third kappa shape index (κ3) is 4.46. The van der Waals surface area contributed by atoms with E-state index in [1.165, 1.54) is 12.8 Å². The average Bonchev–Trinajstić information content (AvgIpc) is 2.84. The third-order valence-corrected chi connectivity index (χ3v) is 4.41. The van der Waals surface area contributed by atoms with Crippen LogP contribution in [0.4, 0.5) is 0 Å². The van der Waals surface area contributed by atoms with Crippen LogP contribution < -0.4 is 5.32 Å². The van der Waals surface area contributed by atoms with Crippen LogP contribution in [0.3, 0.4) is 0 Å². The van der Waals surface area contributed by atoms with E-state index in [2.05, 4.69) is 24.2 Å². The largest absolute Gasteiger partial charge is 0.383 e. The summed E-state index contributed by atoms with van der Waals surface area (Å²) < 4.78 is 0. The fourth-order valence-electron chi connectivity index (χ4n) is 2.98. The molecule has 4 nitrogen and oxygen atoms in total. The molecule has 2 N–H and O–H groups in total. The highest BCUT2D eigenvalue weighted by Crippen LogP contribution is 2.33. The molecule has 0 heterocycles. The van der Waals surface area contributed by atoms with E-state index in [4.69, 9.17) is 0 Å². The molecule has 0 bridgehead atoms. The summed E-state index contributed by atoms with van der Waals surface area (Å²) in [5.74, 6) is 0.115. The fourth-order valence-corrected chi connectivity index (χ4v) is 2.98. The highest BCUT2D eigenvalue weighted by molar-refractivity contribution is 5.80. The van der Waals surface area contributed by atoms with Crippen LogP contribution in [0.5, 0.6) is 0 Å². The van der Waals surface area contributed by atoms with E-state index in [0.29, 0.717) is 18.9 Å². The van der Waals surface area contributed by atoms with Gasteiger partial charge in [-0.05, 0) is 38.8 Å². The Labute approximate surface area is 117 Å². The van der Waals surface area contributed by atoms with Gasteiger partial charge in [-0.15, -0.1) is 0 Å². The lowest BCUT2D eigenvalue weighted by molar-refractivity contribution is -0.130. The molecule has 4 heteroatoms. The lowest BCUT2D eigenvalue weighted by atomic mass is 9.95. The van der Waals surface area contributed by atoms with Crippen LogP contribution >= 0.6 is 0 Å². The SMILES string of the molecule is CCN(C)C1(CNC(=O)[C@H](O)CC(C)C)CCCC1. The van der Waals surface area contributed by atoms with Gasteiger partial charge in [0, 0.05) is 12.1 Å². The average molecular weight is 270 g/mol. The molecule has 0 aromatic rings. The summed E-state index contributed by atoms with van der Waals surface area (Å²) in [6.45, 7) is 7.82. The lowest BCUT2D eigenvalue weighted by Gasteiger charge is -2.38. The molecule has 0 saturated heterocycles. The molecule has 1 atom stereocenters. The fraction of sp³-hybridized carbons (Fsp3) is 0.933. The van der Waals surface area contributed by atoms with E-state index in [1.54, 1.807) is 0 Å². The van der Waals surface area contributed by atoms with E-state index >= 15 is 0 Å². The van der Waals surface area contributed by atoms with Crippen molar-refractivity contribution in [3.63, 3.8) is 0 Å². The summed E-state index contributed by atoms with van der Waals surface area (Å²) in [6.07, 6.45) is 4.40. The van der Waals surface area contributed by atoms with Gasteiger partial charge >= 0.3 is 0 Å². The lowest BCUT2D eigenvalue weighted by Crippen LogP contribution is -2.53. The van der Waals surface area contributed by atoms with Crippen LogP contribution in [-0.4, -0.2) is 47.7 Å². The molecule has 0 unspecified atom stereocenters. The molecule has 1 rings (SSSR count). The number of aliphatic hydroxyl groups is 1. The van der Waals surface area contributed by atoms with Crippen LogP contribution in [0, 0.1) is 5.92 Å². The first kappa shape index (κ1) is 16.4. The Morgan fingerprint density at radius 2 is 1.95 bits per heavy atom. The molecular formula is C15H30N2O2. The predicted molar refractivity (Wildman–Crippen MR) is 78.0 cm³/mol. The van der Waals surface area contributed by atoms with Gasteiger partial charge in [0.25, 0.3) is 0 Å². The van der Waals surface area contributed by atoms with Crippen molar-refractivity contribution in [1.82, 2.24) is 10.2 Å². The van der Waals surface area contributed by atoms with Gasteiger partial charge in [-0.3, -0.25) is 9.69 Å². The van der Waals surface area contributed by atoms with Gasteiger partial charge in [-0.1, -0.05) is 33.6 Å². The second-order valence-corrected chi connectivity index (χ2v) is 6.31. The molecule has 1 aliphatic rings. The van der Waals surface area contributed by atoms with Crippen molar-refractivity contribution in [1.29, 1.82) is 0 Å². The zero-order valence-corrected chi connectivity index (χ0v) is 12.9. The molecule has 0 radical (unpaired) electrons. The molecule has 0 aromatic carbocycles. The monoisotopic (exact) mass is 270 g/mol. The molecule has 1 fully saturated rings. The summed E-state index contributed by atoms with van der Waals surface area (Å²) in [4.78, 5) is 14.3. The molecule has 1 saturated carbocycles. The molecule has 1 amide bonds. The smallest absolute Gasteiger partial charge is 0.248 e. The first-order valence-corrected chi connectivity index (χ1v) is 7.58. The number of hydrogen-bond donors (Lipinski definition) is 2. The van der Waals surface area contributed by atoms with Crippen LogP contribution in [0.15, 0.2) is 0 Å². The highest BCUT2D eigenvalue weighted by Gasteiger charge is 2.37. The molecule has 0 aromatic heterocycles. The second kappa shape index (κ2) is 7.25. The Bertz CT molecular complexity index is 286. The second-order valence-electron chi connectivity index (χ2n) is 6.31. The predicted octanol–water partition coefficient (Wildman–Crippen LogP) is 1.77. The third-order valence-electron chi connectivity index (χ3n) is 4.41. The van der Waals surface area contributed by atoms with Gasteiger partial charge in [0.2, 0.25) is 5.91 Å². The van der Waals surface area contributed by atoms with Gasteiger partial charge < -0.3 is 10.4 Å². The first-order valence-electron chi connectivity index (χ1n) is 7.58. The van der Waals surface area contributed by atoms with Crippen molar-refractivity contribution >= 4 is 5.91 Å². The molecule has 1 aliphatic carbocycles. The van der Waals surface area contributed by atoms with Gasteiger partial charge in [-0.2, -0.15) is 0 Å². The Kier molecular flexibility index (Phi) is 6.27. The standard InChI is InChI=1S/C15H30N2O2/c1-5-17(4)15(8-6-7-9-15)11-16-14(19)13(18)10-12(2)3/h12-13,18H,5-11H2,1-4H3,(H,16,19)/t13-/m1/s1. The van der Waals surface area contributed by atoms with E-state index in [0.717, 1.165) is 19.4 Å². The summed E-state index contributed by atoms with van der Waals surface area (Å²) in [5, 5.41) is 12.8. The summed E-state index contributed by atoms with van der Waals surface area (Å²) >= 11 is 0. The molecular weight excluding hydrogens is 240 g/mol. The zero-order chi connectivity index (χ0) is 14.5. The Morgan fingerprint density at radius 1 is 1.37 bits per heavy atom. The number of nitrogens with one attached hydrogen (secondary N) is 1. The number of nitrogens with zero attached hydrogens (tertiary/aromatic N) is 1. The van der Waals surface area contributed by atoms with Crippen molar-refractivity contribution in [2.75, 3.05) is 20.1 Å². The Balaban J connectivity index is 2.50. The minimum atomic E-state index is -0.870. The summed E-state index contributed by atoms with van der Waals surface area (Å²) in [6, 6.07) is 0. The van der Waals surface area contributed by atoms with Gasteiger partial charge in [-0.25, -0.2) is 0 Å². The maximum Gasteiger partial charge on any atom is 0.248 e. The van der Waals surface area contributed by atoms with E-state index < -0.39 is 6.10 Å². The molecule has 19 heavy (non-hydrogen) atoms. The number of aliphatic hydroxyl groups excluding tert-OH is 1. The van der Waals surface area contributed by atoms with Crippen molar-refractivity contribution < 1.29 is 9.90 Å². The van der Waals surface area contributed by atoms with Crippen molar-refractivity contribution in [2.24, 2.45) is 5.92 Å². The van der Waals surface area contributed by atoms with E-state index in [9.17, 15) is 9.90 Å². The van der Waals surface area contributed by atoms with Crippen molar-refractivity contribution in [3.05, 3.63) is 0 Å². The first-order chi connectivity index (χ1) is 8.91. The quantitative estimate of drug-likeness (QED) is 0.741. The summed E-state index contributed by atoms with van der Waals surface area (Å²) in [5.41, 5.74) is 0.0992. The number of amides is 1. The number of likely N-dealkylation sites (N-methyl/N-ethyl adjacent to an activating group) is 1. The molecule has 0 spiro atoms. The normalized spacial score (nSPS) is 19.9. The maximum atomic E-state index is 11.9. The van der Waals surface area contributed by atoms with Crippen LogP contribution in [0.2, 0.25) is 0 Å². The number of hydrogen-bond acceptors (Lipinski definition) is 3. The number of carbonyl (C=O) groups excluding carboxylic acids is 1. The number of carbonyl (C=O) groups is 1. The van der Waals surface area contributed by atoms with E-state index in [-0.39, 0.29) is 11.4 Å². The van der Waals surface area contributed by atoms with Gasteiger partial charge in [0.1, 0.15) is 6.10 Å². The van der Waals surface area contributed by atoms with Crippen molar-refractivity contribution in [2.45, 2.75) is 64.5 Å². The van der Waals surface area contributed by atoms with Crippen LogP contribution in [0.1, 0.15) is 52.9 Å². The van der Waals surface area contributed by atoms with Gasteiger partial charge in [0.15, 0.2) is 0 Å². The topological polar surface area (TPSA) is 52.6 Å². The minimum absolute atomic E-state index is 0.0992. The van der Waals surface area contributed by atoms with E-state index in [1.807, 2.05) is 13.8 Å². The zero-order valence-electron chi connectivity index (χ0n) is 12.9. The Hall–Kier alpha value is -0.610. The van der Waals surface area contributed by atoms with Crippen LogP contribution in [-0.2, 0) is 4.79 Å². The molecule has 112 valence electrons. The van der Waals surface area contributed by atoms with Gasteiger partial charge in [0.05, 0.1) is 0 Å². The summed E-state index contributed by atoms with van der Waals surface area (Å²) in [7, 11) is 2.13. The van der Waals surface area contributed by atoms with Crippen LogP contribution in [0.25, 0.3) is 0 Å². The minimum Gasteiger partial charge on any atom is -0.383 e. The Morgan fingerprint density at radius 3 is 2.42 bits per heavy atom. The number of rotatable bonds is 7.